The van der Waals surface area contributed by atoms with Gasteiger partial charge in [-0.25, -0.2) is 8.78 Å². The molecule has 0 fully saturated rings. The van der Waals surface area contributed by atoms with Crippen LogP contribution in [-0.4, -0.2) is 6.61 Å². The van der Waals surface area contributed by atoms with Crippen molar-refractivity contribution in [2.45, 2.75) is 84.5 Å². The third-order valence-electron chi connectivity index (χ3n) is 6.60. The zero-order valence-electron chi connectivity index (χ0n) is 21.4. The molecule has 1 nitrogen and oxygen atoms in total. The summed E-state index contributed by atoms with van der Waals surface area (Å²) in [5, 5.41) is 0. The molecule has 0 aromatic heterocycles. The topological polar surface area (TPSA) is 9.23 Å². The Morgan fingerprint density at radius 3 is 1.60 bits per heavy atom. The summed E-state index contributed by atoms with van der Waals surface area (Å²) < 4.78 is 35.8. The minimum atomic E-state index is -0.814. The van der Waals surface area contributed by atoms with Crippen molar-refractivity contribution < 1.29 is 13.5 Å². The first-order valence-corrected chi connectivity index (χ1v) is 13.4. The van der Waals surface area contributed by atoms with E-state index in [0.717, 1.165) is 25.0 Å². The van der Waals surface area contributed by atoms with Crippen LogP contribution in [0.25, 0.3) is 22.3 Å². The molecule has 0 bridgehead atoms. The lowest BCUT2D eigenvalue weighted by Gasteiger charge is -2.11. The molecule has 3 aromatic rings. The highest BCUT2D eigenvalue weighted by Crippen LogP contribution is 2.32. The number of ether oxygens (including phenoxy) is 1. The standard InChI is InChI=1S/C32H40F2O/c1-3-5-7-8-9-10-12-24-35-28-20-18-27(19-21-28)30-23-22-29(31(33)32(30)34)26-16-14-25(15-17-26)13-11-6-4-2/h14-23H,3-13,24H2,1-2H3. The molecule has 0 aliphatic carbocycles. The van der Waals surface area contributed by atoms with E-state index in [0.29, 0.717) is 23.3 Å². The number of hydrogen-bond donors (Lipinski definition) is 0. The normalized spacial score (nSPS) is 11.1. The fraction of sp³-hybridized carbons (Fsp3) is 0.438. The minimum absolute atomic E-state index is 0.265. The second-order valence-electron chi connectivity index (χ2n) is 9.44. The molecular weight excluding hydrogens is 438 g/mol. The molecule has 0 radical (unpaired) electrons. The van der Waals surface area contributed by atoms with Crippen LogP contribution in [0.15, 0.2) is 60.7 Å². The van der Waals surface area contributed by atoms with Gasteiger partial charge >= 0.3 is 0 Å². The van der Waals surface area contributed by atoms with Crippen LogP contribution in [0.3, 0.4) is 0 Å². The Kier molecular flexibility index (Phi) is 11.3. The van der Waals surface area contributed by atoms with Crippen molar-refractivity contribution in [1.82, 2.24) is 0 Å². The monoisotopic (exact) mass is 478 g/mol. The van der Waals surface area contributed by atoms with Crippen molar-refractivity contribution in [2.75, 3.05) is 6.61 Å². The SMILES string of the molecule is CCCCCCCCCOc1ccc(-c2ccc(-c3ccc(CCCCC)cc3)c(F)c2F)cc1. The molecular formula is C32H40F2O. The first-order chi connectivity index (χ1) is 17.1. The van der Waals surface area contributed by atoms with Gasteiger partial charge in [-0.15, -0.1) is 0 Å². The highest BCUT2D eigenvalue weighted by atomic mass is 19.2. The van der Waals surface area contributed by atoms with Gasteiger partial charge in [0.25, 0.3) is 0 Å². The fourth-order valence-electron chi connectivity index (χ4n) is 4.41. The zero-order chi connectivity index (χ0) is 24.9. The second kappa shape index (κ2) is 14.7. The average Bonchev–Trinajstić information content (AvgIpc) is 2.88. The van der Waals surface area contributed by atoms with Gasteiger partial charge in [-0.2, -0.15) is 0 Å². The van der Waals surface area contributed by atoms with Crippen LogP contribution < -0.4 is 4.74 Å². The van der Waals surface area contributed by atoms with Crippen LogP contribution in [0, 0.1) is 11.6 Å². The maximum absolute atomic E-state index is 15.0. The van der Waals surface area contributed by atoms with E-state index < -0.39 is 11.6 Å². The molecule has 0 spiro atoms. The summed E-state index contributed by atoms with van der Waals surface area (Å²) in [6.45, 7) is 5.10. The Morgan fingerprint density at radius 1 is 0.543 bits per heavy atom. The van der Waals surface area contributed by atoms with Gasteiger partial charge in [0.1, 0.15) is 5.75 Å². The van der Waals surface area contributed by atoms with E-state index in [9.17, 15) is 4.39 Å². The maximum Gasteiger partial charge on any atom is 0.167 e. The molecule has 0 unspecified atom stereocenters. The van der Waals surface area contributed by atoms with Crippen molar-refractivity contribution in [1.29, 1.82) is 0 Å². The van der Waals surface area contributed by atoms with Crippen molar-refractivity contribution >= 4 is 0 Å². The van der Waals surface area contributed by atoms with E-state index in [1.807, 2.05) is 36.4 Å². The first-order valence-electron chi connectivity index (χ1n) is 13.4. The molecule has 0 saturated carbocycles. The molecule has 3 heteroatoms. The summed E-state index contributed by atoms with van der Waals surface area (Å²) in [6.07, 6.45) is 13.2. The molecule has 0 aliphatic rings. The largest absolute Gasteiger partial charge is 0.494 e. The summed E-state index contributed by atoms with van der Waals surface area (Å²) in [5.41, 5.74) is 3.12. The van der Waals surface area contributed by atoms with Gasteiger partial charge < -0.3 is 4.74 Å². The predicted octanol–water partition coefficient (Wildman–Crippen LogP) is 10.2. The fourth-order valence-corrected chi connectivity index (χ4v) is 4.41. The van der Waals surface area contributed by atoms with Crippen LogP contribution in [0.4, 0.5) is 8.78 Å². The lowest BCUT2D eigenvalue weighted by atomic mass is 9.97. The van der Waals surface area contributed by atoms with Gasteiger partial charge in [0.15, 0.2) is 11.6 Å². The Hall–Kier alpha value is -2.68. The van der Waals surface area contributed by atoms with E-state index in [1.54, 1.807) is 24.3 Å². The van der Waals surface area contributed by atoms with E-state index in [1.165, 1.54) is 56.9 Å². The third kappa shape index (κ3) is 8.19. The van der Waals surface area contributed by atoms with E-state index in [4.69, 9.17) is 4.74 Å². The highest BCUT2D eigenvalue weighted by Gasteiger charge is 2.16. The van der Waals surface area contributed by atoms with Crippen LogP contribution in [0.5, 0.6) is 5.75 Å². The van der Waals surface area contributed by atoms with Gasteiger partial charge in [-0.1, -0.05) is 114 Å². The predicted molar refractivity (Wildman–Crippen MR) is 144 cm³/mol. The molecule has 35 heavy (non-hydrogen) atoms. The van der Waals surface area contributed by atoms with E-state index >= 15 is 4.39 Å². The Labute approximate surface area is 210 Å². The van der Waals surface area contributed by atoms with Crippen molar-refractivity contribution in [3.8, 4) is 28.0 Å². The first kappa shape index (κ1) is 26.9. The Balaban J connectivity index is 1.57. The smallest absolute Gasteiger partial charge is 0.167 e. The van der Waals surface area contributed by atoms with Crippen LogP contribution in [-0.2, 0) is 6.42 Å². The average molecular weight is 479 g/mol. The summed E-state index contributed by atoms with van der Waals surface area (Å²) >= 11 is 0. The summed E-state index contributed by atoms with van der Waals surface area (Å²) in [6, 6.07) is 18.4. The second-order valence-corrected chi connectivity index (χ2v) is 9.44. The number of benzene rings is 3. The van der Waals surface area contributed by atoms with Gasteiger partial charge in [-0.3, -0.25) is 0 Å². The van der Waals surface area contributed by atoms with Gasteiger partial charge in [0, 0.05) is 11.1 Å². The maximum atomic E-state index is 15.0. The Bertz CT molecular complexity index is 1010. The molecule has 0 amide bonds. The molecule has 3 rings (SSSR count). The lowest BCUT2D eigenvalue weighted by molar-refractivity contribution is 0.304. The molecule has 0 atom stereocenters. The molecule has 188 valence electrons. The highest BCUT2D eigenvalue weighted by molar-refractivity contribution is 5.72. The van der Waals surface area contributed by atoms with Crippen molar-refractivity contribution in [2.24, 2.45) is 0 Å². The zero-order valence-corrected chi connectivity index (χ0v) is 21.4. The summed E-state index contributed by atoms with van der Waals surface area (Å²) in [7, 11) is 0. The van der Waals surface area contributed by atoms with Crippen molar-refractivity contribution in [3.63, 3.8) is 0 Å². The molecule has 0 heterocycles. The van der Waals surface area contributed by atoms with Crippen LogP contribution >= 0.6 is 0 Å². The summed E-state index contributed by atoms with van der Waals surface area (Å²) in [5.74, 6) is -0.858. The molecule has 0 saturated heterocycles. The number of unbranched alkanes of at least 4 members (excludes halogenated alkanes) is 8. The quantitative estimate of drug-likeness (QED) is 0.197. The molecule has 0 N–H and O–H groups in total. The van der Waals surface area contributed by atoms with E-state index in [2.05, 4.69) is 13.8 Å². The van der Waals surface area contributed by atoms with Crippen LogP contribution in [0.2, 0.25) is 0 Å². The van der Waals surface area contributed by atoms with Gasteiger partial charge in [0.2, 0.25) is 0 Å². The Morgan fingerprint density at radius 2 is 1.03 bits per heavy atom. The lowest BCUT2D eigenvalue weighted by Crippen LogP contribution is -1.98. The van der Waals surface area contributed by atoms with Gasteiger partial charge in [0.05, 0.1) is 6.61 Å². The number of hydrogen-bond acceptors (Lipinski definition) is 1. The third-order valence-corrected chi connectivity index (χ3v) is 6.60. The van der Waals surface area contributed by atoms with Crippen molar-refractivity contribution in [3.05, 3.63) is 77.9 Å². The van der Waals surface area contributed by atoms with E-state index in [-0.39, 0.29) is 5.56 Å². The molecule has 0 aliphatic heterocycles. The number of aryl methyl sites for hydroxylation is 1. The van der Waals surface area contributed by atoms with Gasteiger partial charge in [-0.05, 0) is 48.1 Å². The van der Waals surface area contributed by atoms with Crippen LogP contribution in [0.1, 0.15) is 83.6 Å². The number of rotatable bonds is 15. The molecule has 3 aromatic carbocycles. The summed E-state index contributed by atoms with van der Waals surface area (Å²) in [4.78, 5) is 0. The minimum Gasteiger partial charge on any atom is -0.494 e. The number of halogens is 2.